The zero-order valence-corrected chi connectivity index (χ0v) is 16.9. The number of nitrogen functional groups attached to an aromatic ring is 1. The summed E-state index contributed by atoms with van der Waals surface area (Å²) in [6, 6.07) is 13.0. The number of para-hydroxylation sites is 1. The predicted molar refractivity (Wildman–Crippen MR) is 111 cm³/mol. The number of thioether (sulfide) groups is 1. The van der Waals surface area contributed by atoms with Crippen LogP contribution >= 0.6 is 11.8 Å². The number of carbonyl (C=O) groups is 1. The first-order valence-electron chi connectivity index (χ1n) is 8.54. The van der Waals surface area contributed by atoms with Gasteiger partial charge in [0.15, 0.2) is 5.16 Å². The number of hydrogen-bond acceptors (Lipinski definition) is 7. The lowest BCUT2D eigenvalue weighted by Gasteiger charge is -2.09. The number of hydrogen-bond donors (Lipinski definition) is 3. The Labute approximate surface area is 171 Å². The molecular weight excluding hydrogens is 414 g/mol. The summed E-state index contributed by atoms with van der Waals surface area (Å²) in [5.74, 6) is 5.60. The molecule has 0 aliphatic carbocycles. The molecule has 0 unspecified atom stereocenters. The van der Waals surface area contributed by atoms with Crippen molar-refractivity contribution in [2.45, 2.75) is 16.5 Å². The number of benzene rings is 2. The van der Waals surface area contributed by atoms with E-state index in [1.54, 1.807) is 36.4 Å². The number of nitrogens with one attached hydrogen (secondary N) is 1. The minimum absolute atomic E-state index is 0.0393. The Morgan fingerprint density at radius 1 is 1.14 bits per heavy atom. The first kappa shape index (κ1) is 20.8. The van der Waals surface area contributed by atoms with Gasteiger partial charge in [0.2, 0.25) is 15.9 Å². The van der Waals surface area contributed by atoms with Gasteiger partial charge in [-0.25, -0.2) is 23.2 Å². The van der Waals surface area contributed by atoms with Crippen LogP contribution in [-0.2, 0) is 21.2 Å². The summed E-state index contributed by atoms with van der Waals surface area (Å²) >= 11 is 1.07. The van der Waals surface area contributed by atoms with E-state index in [9.17, 15) is 18.0 Å². The van der Waals surface area contributed by atoms with Crippen LogP contribution in [0.1, 0.15) is 5.56 Å². The molecule has 0 aliphatic heterocycles. The highest BCUT2D eigenvalue weighted by atomic mass is 32.2. The lowest BCUT2D eigenvalue weighted by molar-refractivity contribution is -0.118. The van der Waals surface area contributed by atoms with E-state index >= 15 is 0 Å². The van der Waals surface area contributed by atoms with Gasteiger partial charge in [-0.1, -0.05) is 36.0 Å². The third kappa shape index (κ3) is 5.13. The van der Waals surface area contributed by atoms with Crippen LogP contribution in [0.2, 0.25) is 0 Å². The monoisotopic (exact) mass is 433 g/mol. The molecule has 5 N–H and O–H groups in total. The van der Waals surface area contributed by atoms with Gasteiger partial charge in [0.25, 0.3) is 5.56 Å². The van der Waals surface area contributed by atoms with E-state index in [4.69, 9.17) is 11.0 Å². The van der Waals surface area contributed by atoms with Crippen LogP contribution < -0.4 is 21.9 Å². The molecule has 9 nitrogen and oxygen atoms in total. The van der Waals surface area contributed by atoms with Crippen molar-refractivity contribution in [2.75, 3.05) is 18.1 Å². The minimum atomic E-state index is -3.72. The first-order chi connectivity index (χ1) is 13.8. The maximum Gasteiger partial charge on any atom is 0.280 e. The average molecular weight is 434 g/mol. The predicted octanol–water partition coefficient (Wildman–Crippen LogP) is 0.209. The van der Waals surface area contributed by atoms with Crippen molar-refractivity contribution < 1.29 is 13.2 Å². The van der Waals surface area contributed by atoms with Gasteiger partial charge >= 0.3 is 0 Å². The van der Waals surface area contributed by atoms with E-state index in [2.05, 4.69) is 10.3 Å². The van der Waals surface area contributed by atoms with Crippen LogP contribution in [0.3, 0.4) is 0 Å². The van der Waals surface area contributed by atoms with Gasteiger partial charge in [0.05, 0.1) is 21.6 Å². The number of aromatic nitrogens is 2. The van der Waals surface area contributed by atoms with Gasteiger partial charge in [0, 0.05) is 6.54 Å². The zero-order valence-electron chi connectivity index (χ0n) is 15.2. The summed E-state index contributed by atoms with van der Waals surface area (Å²) < 4.78 is 23.4. The number of nitrogens with two attached hydrogens (primary N) is 2. The molecule has 0 fully saturated rings. The number of nitrogens with zero attached hydrogens (tertiary/aromatic N) is 2. The molecule has 0 atom stereocenters. The maximum atomic E-state index is 12.2. The molecule has 1 heterocycles. The highest BCUT2D eigenvalue weighted by Crippen LogP contribution is 2.15. The van der Waals surface area contributed by atoms with E-state index in [1.165, 1.54) is 12.1 Å². The second-order valence-corrected chi connectivity index (χ2v) is 8.67. The SMILES string of the molecule is Nn1c(SCC(=O)NCCc2ccc(S(N)(=O)=O)cc2)nc2ccccc2c1=O. The second-order valence-electron chi connectivity index (χ2n) is 6.16. The number of fused-ring (bicyclic) bond motifs is 1. The van der Waals surface area contributed by atoms with E-state index in [1.807, 2.05) is 0 Å². The van der Waals surface area contributed by atoms with Crippen LogP contribution in [0.4, 0.5) is 0 Å². The fourth-order valence-electron chi connectivity index (χ4n) is 2.60. The Hall–Kier alpha value is -2.89. The molecule has 0 spiro atoms. The summed E-state index contributed by atoms with van der Waals surface area (Å²) in [7, 11) is -3.72. The minimum Gasteiger partial charge on any atom is -0.355 e. The Morgan fingerprint density at radius 3 is 2.52 bits per heavy atom. The lowest BCUT2D eigenvalue weighted by atomic mass is 10.1. The van der Waals surface area contributed by atoms with Crippen LogP contribution in [-0.4, -0.2) is 36.3 Å². The first-order valence-corrected chi connectivity index (χ1v) is 11.1. The number of carbonyl (C=O) groups excluding carboxylic acids is 1. The number of rotatable bonds is 7. The molecule has 152 valence electrons. The van der Waals surface area contributed by atoms with Gasteiger partial charge in [-0.2, -0.15) is 0 Å². The van der Waals surface area contributed by atoms with Gasteiger partial charge < -0.3 is 11.2 Å². The normalized spacial score (nSPS) is 11.5. The van der Waals surface area contributed by atoms with Crippen LogP contribution in [0.5, 0.6) is 0 Å². The van der Waals surface area contributed by atoms with Gasteiger partial charge in [-0.05, 0) is 36.2 Å². The topological polar surface area (TPSA) is 150 Å². The Kier molecular flexibility index (Phi) is 6.20. The molecule has 0 bridgehead atoms. The molecule has 2 aromatic carbocycles. The number of primary sulfonamides is 1. The summed E-state index contributed by atoms with van der Waals surface area (Å²) in [6.07, 6.45) is 0.525. The number of sulfonamides is 1. The fraction of sp³-hybridized carbons (Fsp3) is 0.167. The third-order valence-corrected chi connectivity index (χ3v) is 5.98. The quantitative estimate of drug-likeness (QED) is 0.274. The smallest absolute Gasteiger partial charge is 0.280 e. The van der Waals surface area contributed by atoms with E-state index in [-0.39, 0.29) is 27.3 Å². The van der Waals surface area contributed by atoms with Crippen LogP contribution in [0.15, 0.2) is 63.4 Å². The van der Waals surface area contributed by atoms with E-state index < -0.39 is 10.0 Å². The van der Waals surface area contributed by atoms with Crippen LogP contribution in [0, 0.1) is 0 Å². The summed E-state index contributed by atoms with van der Waals surface area (Å²) in [5.41, 5.74) is 1.00. The molecule has 0 radical (unpaired) electrons. The van der Waals surface area contributed by atoms with Gasteiger partial charge in [-0.3, -0.25) is 9.59 Å². The Balaban J connectivity index is 1.54. The van der Waals surface area contributed by atoms with Crippen molar-refractivity contribution in [3.63, 3.8) is 0 Å². The van der Waals surface area contributed by atoms with Gasteiger partial charge in [-0.15, -0.1) is 0 Å². The van der Waals surface area contributed by atoms with Crippen LogP contribution in [0.25, 0.3) is 10.9 Å². The van der Waals surface area contributed by atoms with Crippen molar-refractivity contribution in [3.8, 4) is 0 Å². The largest absolute Gasteiger partial charge is 0.355 e. The third-order valence-electron chi connectivity index (χ3n) is 4.10. The molecule has 1 aromatic heterocycles. The lowest BCUT2D eigenvalue weighted by Crippen LogP contribution is -2.31. The van der Waals surface area contributed by atoms with Crippen molar-refractivity contribution in [3.05, 3.63) is 64.4 Å². The molecule has 29 heavy (non-hydrogen) atoms. The molecule has 0 saturated heterocycles. The van der Waals surface area contributed by atoms with Crippen molar-refractivity contribution in [2.24, 2.45) is 5.14 Å². The molecule has 3 rings (SSSR count). The summed E-state index contributed by atoms with van der Waals surface area (Å²) in [5, 5.41) is 8.48. The van der Waals surface area contributed by atoms with Gasteiger partial charge in [0.1, 0.15) is 0 Å². The molecule has 3 aromatic rings. The standard InChI is InChI=1S/C18H19N5O4S2/c19-23-17(25)14-3-1-2-4-15(14)22-18(23)28-11-16(24)21-10-9-12-5-7-13(8-6-12)29(20,26)27/h1-8H,9-11,19H2,(H,21,24)(H2,20,26,27). The van der Waals surface area contributed by atoms with E-state index in [0.717, 1.165) is 22.0 Å². The Morgan fingerprint density at radius 2 is 1.83 bits per heavy atom. The van der Waals surface area contributed by atoms with E-state index in [0.29, 0.717) is 23.9 Å². The number of amides is 1. The molecule has 0 aliphatic rings. The average Bonchev–Trinajstić information content (AvgIpc) is 2.69. The molecule has 11 heteroatoms. The highest BCUT2D eigenvalue weighted by molar-refractivity contribution is 7.99. The van der Waals surface area contributed by atoms with Crippen molar-refractivity contribution in [1.29, 1.82) is 0 Å². The molecule has 1 amide bonds. The Bertz CT molecular complexity index is 1210. The zero-order chi connectivity index (χ0) is 21.0. The second kappa shape index (κ2) is 8.64. The summed E-state index contributed by atoms with van der Waals surface area (Å²) in [4.78, 5) is 28.7. The summed E-state index contributed by atoms with van der Waals surface area (Å²) in [6.45, 7) is 0.370. The van der Waals surface area contributed by atoms with Crippen molar-refractivity contribution >= 4 is 38.6 Å². The van der Waals surface area contributed by atoms with Crippen molar-refractivity contribution in [1.82, 2.24) is 15.0 Å². The fourth-order valence-corrected chi connectivity index (χ4v) is 3.86. The highest BCUT2D eigenvalue weighted by Gasteiger charge is 2.11. The maximum absolute atomic E-state index is 12.2. The molecular formula is C18H19N5O4S2. The molecule has 0 saturated carbocycles.